The molecule has 0 spiro atoms. The molecule has 2 aromatic rings. The lowest BCUT2D eigenvalue weighted by atomic mass is 10.1. The van der Waals surface area contributed by atoms with Gasteiger partial charge in [-0.05, 0) is 13.0 Å². The van der Waals surface area contributed by atoms with Crippen molar-refractivity contribution in [2.24, 2.45) is 0 Å². The number of benzene rings is 1. The fourth-order valence-corrected chi connectivity index (χ4v) is 2.20. The van der Waals surface area contributed by atoms with Crippen LogP contribution in [0.4, 0.5) is 5.13 Å². The van der Waals surface area contributed by atoms with E-state index in [-0.39, 0.29) is 0 Å². The maximum atomic E-state index is 11.4. The molecule has 2 rings (SSSR count). The summed E-state index contributed by atoms with van der Waals surface area (Å²) in [5.41, 5.74) is 2.87. The quantitative estimate of drug-likeness (QED) is 0.861. The van der Waals surface area contributed by atoms with Gasteiger partial charge in [0.2, 0.25) is 5.91 Å². The highest BCUT2D eigenvalue weighted by Crippen LogP contribution is 2.24. The fourth-order valence-electron chi connectivity index (χ4n) is 1.48. The molecule has 1 heterocycles. The zero-order valence-electron chi connectivity index (χ0n) is 10.6. The van der Waals surface area contributed by atoms with Gasteiger partial charge in [0, 0.05) is 17.0 Å². The first-order chi connectivity index (χ1) is 9.54. The van der Waals surface area contributed by atoms with Crippen molar-refractivity contribution in [3.8, 4) is 11.3 Å². The van der Waals surface area contributed by atoms with Crippen LogP contribution < -0.4 is 10.4 Å². The van der Waals surface area contributed by atoms with Gasteiger partial charge in [-0.15, -0.1) is 11.3 Å². The number of carboxylic acids is 1. The van der Waals surface area contributed by atoms with Gasteiger partial charge in [-0.25, -0.2) is 4.98 Å². The molecule has 0 saturated heterocycles. The van der Waals surface area contributed by atoms with E-state index in [4.69, 9.17) is 0 Å². The molecule has 0 aliphatic rings. The molecule has 5 nitrogen and oxygen atoms in total. The number of thiazole rings is 1. The number of aliphatic carboxylic acids is 1. The second-order valence-electron chi connectivity index (χ2n) is 4.05. The highest BCUT2D eigenvalue weighted by molar-refractivity contribution is 7.14. The van der Waals surface area contributed by atoms with Crippen LogP contribution >= 0.6 is 11.3 Å². The molecule has 1 aromatic carbocycles. The number of carbonyl (C=O) groups is 2. The lowest BCUT2D eigenvalue weighted by Crippen LogP contribution is -2.20. The Hall–Kier alpha value is -2.47. The molecule has 0 saturated carbocycles. The minimum Gasteiger partial charge on any atom is -0.545 e. The number of nitrogens with zero attached hydrogens (tertiary/aromatic N) is 1. The van der Waals surface area contributed by atoms with Crippen LogP contribution in [0, 0.1) is 6.92 Å². The third kappa shape index (κ3) is 3.76. The van der Waals surface area contributed by atoms with E-state index < -0.39 is 11.9 Å². The van der Waals surface area contributed by atoms with Gasteiger partial charge in [0.1, 0.15) is 0 Å². The van der Waals surface area contributed by atoms with Crippen molar-refractivity contribution in [2.45, 2.75) is 6.92 Å². The third-order valence-corrected chi connectivity index (χ3v) is 3.21. The Balaban J connectivity index is 2.07. The van der Waals surface area contributed by atoms with Crippen LogP contribution in [0.2, 0.25) is 0 Å². The van der Waals surface area contributed by atoms with Gasteiger partial charge in [0.25, 0.3) is 0 Å². The summed E-state index contributed by atoms with van der Waals surface area (Å²) in [6, 6.07) is 7.86. The van der Waals surface area contributed by atoms with E-state index in [2.05, 4.69) is 10.3 Å². The monoisotopic (exact) mass is 287 g/mol. The molecule has 0 atom stereocenters. The molecule has 6 heteroatoms. The number of hydrogen-bond acceptors (Lipinski definition) is 5. The van der Waals surface area contributed by atoms with E-state index >= 15 is 0 Å². The summed E-state index contributed by atoms with van der Waals surface area (Å²) in [6.07, 6.45) is 1.56. The first-order valence-corrected chi connectivity index (χ1v) is 6.65. The van der Waals surface area contributed by atoms with Crippen LogP contribution in [-0.2, 0) is 9.59 Å². The van der Waals surface area contributed by atoms with Crippen LogP contribution in [0.25, 0.3) is 11.3 Å². The van der Waals surface area contributed by atoms with Gasteiger partial charge in [0.05, 0.1) is 11.7 Å². The Morgan fingerprint density at radius 1 is 1.25 bits per heavy atom. The number of aryl methyl sites for hydroxylation is 1. The molecular formula is C14H11N2O3S-. The predicted molar refractivity (Wildman–Crippen MR) is 75.1 cm³/mol. The SMILES string of the molecule is Cc1ccc(-c2csc(NC(=O)C=CC(=O)[O-])n2)cc1. The van der Waals surface area contributed by atoms with Crippen molar-refractivity contribution in [1.29, 1.82) is 0 Å². The standard InChI is InChI=1S/C14H12N2O3S/c1-9-2-4-10(5-3-9)11-8-20-14(15-11)16-12(17)6-7-13(18)19/h2-8H,1H3,(H,18,19)(H,15,16,17)/p-1. The van der Waals surface area contributed by atoms with E-state index in [1.165, 1.54) is 11.3 Å². The van der Waals surface area contributed by atoms with Gasteiger partial charge >= 0.3 is 0 Å². The highest BCUT2D eigenvalue weighted by Gasteiger charge is 2.06. The van der Waals surface area contributed by atoms with Crippen molar-refractivity contribution >= 4 is 28.3 Å². The summed E-state index contributed by atoms with van der Waals surface area (Å²) in [6.45, 7) is 2.00. The molecule has 20 heavy (non-hydrogen) atoms. The van der Waals surface area contributed by atoms with Crippen molar-refractivity contribution in [3.05, 3.63) is 47.4 Å². The predicted octanol–water partition coefficient (Wildman–Crippen LogP) is 1.36. The number of amides is 1. The van der Waals surface area contributed by atoms with Gasteiger partial charge in [0.15, 0.2) is 5.13 Å². The average Bonchev–Trinajstić information content (AvgIpc) is 2.85. The van der Waals surface area contributed by atoms with E-state index in [9.17, 15) is 14.7 Å². The minimum atomic E-state index is -1.42. The van der Waals surface area contributed by atoms with Crippen molar-refractivity contribution in [1.82, 2.24) is 4.98 Å². The number of rotatable bonds is 4. The summed E-state index contributed by atoms with van der Waals surface area (Å²) in [5, 5.41) is 14.9. The fraction of sp³-hybridized carbons (Fsp3) is 0.0714. The van der Waals surface area contributed by atoms with Gasteiger partial charge in [-0.1, -0.05) is 29.8 Å². The third-order valence-electron chi connectivity index (χ3n) is 2.45. The number of hydrogen-bond donors (Lipinski definition) is 1. The highest BCUT2D eigenvalue weighted by atomic mass is 32.1. The van der Waals surface area contributed by atoms with Crippen molar-refractivity contribution < 1.29 is 14.7 Å². The van der Waals surface area contributed by atoms with Crippen molar-refractivity contribution in [2.75, 3.05) is 5.32 Å². The molecular weight excluding hydrogens is 276 g/mol. The minimum absolute atomic E-state index is 0.411. The Morgan fingerprint density at radius 3 is 2.60 bits per heavy atom. The van der Waals surface area contributed by atoms with E-state index in [1.54, 1.807) is 0 Å². The Labute approximate surface area is 119 Å². The van der Waals surface area contributed by atoms with Gasteiger partial charge in [-0.2, -0.15) is 0 Å². The molecule has 102 valence electrons. The molecule has 0 radical (unpaired) electrons. The second kappa shape index (κ2) is 6.12. The lowest BCUT2D eigenvalue weighted by Gasteiger charge is -1.98. The molecule has 0 fully saturated rings. The first kappa shape index (κ1) is 14.0. The summed E-state index contributed by atoms with van der Waals surface area (Å²) in [5.74, 6) is -1.97. The summed E-state index contributed by atoms with van der Waals surface area (Å²) < 4.78 is 0. The van der Waals surface area contributed by atoms with Crippen LogP contribution in [0.3, 0.4) is 0 Å². The van der Waals surface area contributed by atoms with Gasteiger partial charge < -0.3 is 9.90 Å². The van der Waals surface area contributed by atoms with Gasteiger partial charge in [-0.3, -0.25) is 10.1 Å². The second-order valence-corrected chi connectivity index (χ2v) is 4.90. The smallest absolute Gasteiger partial charge is 0.250 e. The number of nitrogens with one attached hydrogen (secondary N) is 1. The van der Waals surface area contributed by atoms with Crippen LogP contribution in [-0.4, -0.2) is 16.9 Å². The number of carboxylic acid groups (broad SMARTS) is 1. The van der Waals surface area contributed by atoms with E-state index in [0.717, 1.165) is 22.9 Å². The van der Waals surface area contributed by atoms with E-state index in [1.807, 2.05) is 36.6 Å². The molecule has 0 aliphatic carbocycles. The Bertz CT molecular complexity index is 659. The van der Waals surface area contributed by atoms with Crippen LogP contribution in [0.5, 0.6) is 0 Å². The Kier molecular flexibility index (Phi) is 4.27. The zero-order chi connectivity index (χ0) is 14.5. The molecule has 0 aliphatic heterocycles. The normalized spacial score (nSPS) is 10.7. The summed E-state index contributed by atoms with van der Waals surface area (Å²) in [4.78, 5) is 25.8. The summed E-state index contributed by atoms with van der Waals surface area (Å²) in [7, 11) is 0. The topological polar surface area (TPSA) is 82.1 Å². The molecule has 1 N–H and O–H groups in total. The molecule has 0 bridgehead atoms. The van der Waals surface area contributed by atoms with Crippen molar-refractivity contribution in [3.63, 3.8) is 0 Å². The van der Waals surface area contributed by atoms with Crippen LogP contribution in [0.1, 0.15) is 5.56 Å². The summed E-state index contributed by atoms with van der Waals surface area (Å²) >= 11 is 1.27. The molecule has 1 aromatic heterocycles. The van der Waals surface area contributed by atoms with E-state index in [0.29, 0.717) is 11.2 Å². The maximum Gasteiger partial charge on any atom is 0.250 e. The maximum absolute atomic E-state index is 11.4. The molecule has 0 unspecified atom stereocenters. The Morgan fingerprint density at radius 2 is 1.95 bits per heavy atom. The molecule has 1 amide bonds. The average molecular weight is 287 g/mol. The number of aromatic nitrogens is 1. The lowest BCUT2D eigenvalue weighted by molar-refractivity contribution is -0.297. The number of carbonyl (C=O) groups excluding carboxylic acids is 2. The van der Waals surface area contributed by atoms with Crippen LogP contribution in [0.15, 0.2) is 41.8 Å². The first-order valence-electron chi connectivity index (χ1n) is 5.77. The largest absolute Gasteiger partial charge is 0.545 e. The number of anilines is 1. The zero-order valence-corrected chi connectivity index (χ0v) is 11.4.